The molecule has 1 N–H and O–H groups in total. The number of halogens is 1. The van der Waals surface area contributed by atoms with E-state index in [1.165, 1.54) is 0 Å². The van der Waals surface area contributed by atoms with Crippen LogP contribution in [0.15, 0.2) is 33.8 Å². The number of benzene rings is 1. The number of fused-ring (bicyclic) bond motifs is 1. The molecule has 0 aliphatic heterocycles. The van der Waals surface area contributed by atoms with Gasteiger partial charge in [-0.3, -0.25) is 9.36 Å². The van der Waals surface area contributed by atoms with Crippen LogP contribution in [0.4, 0.5) is 0 Å². The molecule has 4 nitrogen and oxygen atoms in total. The smallest absolute Gasteiger partial charge is 0.261 e. The number of hydrogen-bond donors (Lipinski definition) is 1. The highest BCUT2D eigenvalue weighted by Crippen LogP contribution is 2.15. The van der Waals surface area contributed by atoms with Gasteiger partial charge < -0.3 is 5.32 Å². The Morgan fingerprint density at radius 1 is 1.35 bits per heavy atom. The van der Waals surface area contributed by atoms with Gasteiger partial charge in [0.1, 0.15) is 0 Å². The summed E-state index contributed by atoms with van der Waals surface area (Å²) in [6.45, 7) is 7.93. The van der Waals surface area contributed by atoms with E-state index in [0.717, 1.165) is 16.5 Å². The maximum Gasteiger partial charge on any atom is 0.261 e. The summed E-state index contributed by atoms with van der Waals surface area (Å²) in [6.07, 6.45) is 1.64. The third kappa shape index (κ3) is 3.67. The van der Waals surface area contributed by atoms with Gasteiger partial charge in [0.05, 0.1) is 17.2 Å². The van der Waals surface area contributed by atoms with Crippen molar-refractivity contribution >= 4 is 26.8 Å². The van der Waals surface area contributed by atoms with Crippen molar-refractivity contribution < 1.29 is 0 Å². The second-order valence-corrected chi connectivity index (χ2v) is 6.45. The molecule has 0 aliphatic carbocycles. The van der Waals surface area contributed by atoms with E-state index in [1.54, 1.807) is 10.9 Å². The fourth-order valence-electron chi connectivity index (χ4n) is 2.10. The minimum Gasteiger partial charge on any atom is -0.314 e. The van der Waals surface area contributed by atoms with Crippen LogP contribution in [-0.4, -0.2) is 22.1 Å². The molecule has 0 saturated heterocycles. The van der Waals surface area contributed by atoms with E-state index in [4.69, 9.17) is 0 Å². The number of rotatable bonds is 5. The zero-order valence-corrected chi connectivity index (χ0v) is 13.6. The lowest BCUT2D eigenvalue weighted by atomic mass is 10.1. The summed E-state index contributed by atoms with van der Waals surface area (Å²) in [5, 5.41) is 4.05. The maximum atomic E-state index is 12.4. The molecule has 20 heavy (non-hydrogen) atoms. The zero-order chi connectivity index (χ0) is 14.7. The van der Waals surface area contributed by atoms with Gasteiger partial charge in [-0.1, -0.05) is 36.7 Å². The van der Waals surface area contributed by atoms with E-state index in [1.807, 2.05) is 18.2 Å². The Kier molecular flexibility index (Phi) is 4.94. The number of hydrogen-bond acceptors (Lipinski definition) is 3. The average molecular weight is 338 g/mol. The minimum atomic E-state index is 0.0210. The molecule has 2 rings (SSSR count). The highest BCUT2D eigenvalue weighted by atomic mass is 79.9. The van der Waals surface area contributed by atoms with Crippen LogP contribution in [0.5, 0.6) is 0 Å². The molecular formula is C15H20BrN3O. The Morgan fingerprint density at radius 3 is 2.80 bits per heavy atom. The first-order valence-corrected chi connectivity index (χ1v) is 7.64. The van der Waals surface area contributed by atoms with E-state index in [2.05, 4.69) is 47.0 Å². The molecule has 1 heterocycles. The van der Waals surface area contributed by atoms with Crippen molar-refractivity contribution in [2.45, 2.75) is 33.4 Å². The molecule has 5 heteroatoms. The van der Waals surface area contributed by atoms with Crippen LogP contribution in [0.25, 0.3) is 10.9 Å². The first kappa shape index (κ1) is 15.2. The first-order chi connectivity index (χ1) is 9.47. The van der Waals surface area contributed by atoms with Gasteiger partial charge in [0, 0.05) is 17.1 Å². The zero-order valence-electron chi connectivity index (χ0n) is 12.1. The van der Waals surface area contributed by atoms with Crippen LogP contribution in [0, 0.1) is 5.92 Å². The van der Waals surface area contributed by atoms with Crippen molar-refractivity contribution in [3.05, 3.63) is 39.4 Å². The average Bonchev–Trinajstić information content (AvgIpc) is 2.40. The summed E-state index contributed by atoms with van der Waals surface area (Å²) < 4.78 is 2.60. The summed E-state index contributed by atoms with van der Waals surface area (Å²) in [5.41, 5.74) is 0.759. The Morgan fingerprint density at radius 2 is 2.10 bits per heavy atom. The van der Waals surface area contributed by atoms with E-state index in [-0.39, 0.29) is 5.56 Å². The highest BCUT2D eigenvalue weighted by Gasteiger charge is 2.08. The molecule has 108 valence electrons. The van der Waals surface area contributed by atoms with Crippen molar-refractivity contribution in [1.29, 1.82) is 0 Å². The molecule has 1 aromatic heterocycles. The molecule has 0 amide bonds. The quantitative estimate of drug-likeness (QED) is 0.912. The predicted molar refractivity (Wildman–Crippen MR) is 86.0 cm³/mol. The minimum absolute atomic E-state index is 0.0210. The lowest BCUT2D eigenvalue weighted by Gasteiger charge is -2.16. The van der Waals surface area contributed by atoms with Gasteiger partial charge in [0.2, 0.25) is 0 Å². The van der Waals surface area contributed by atoms with Crippen LogP contribution < -0.4 is 10.9 Å². The Bertz CT molecular complexity index is 651. The lowest BCUT2D eigenvalue weighted by molar-refractivity contribution is 0.419. The molecule has 0 radical (unpaired) electrons. The maximum absolute atomic E-state index is 12.4. The van der Waals surface area contributed by atoms with Gasteiger partial charge in [-0.25, -0.2) is 4.98 Å². The van der Waals surface area contributed by atoms with Crippen molar-refractivity contribution in [3.63, 3.8) is 0 Å². The van der Waals surface area contributed by atoms with Gasteiger partial charge in [0.25, 0.3) is 5.56 Å². The van der Waals surface area contributed by atoms with Gasteiger partial charge in [-0.15, -0.1) is 0 Å². The third-order valence-electron chi connectivity index (χ3n) is 3.17. The highest BCUT2D eigenvalue weighted by molar-refractivity contribution is 9.10. The Balaban J connectivity index is 2.22. The van der Waals surface area contributed by atoms with E-state index in [9.17, 15) is 4.79 Å². The second-order valence-electron chi connectivity index (χ2n) is 5.53. The summed E-state index contributed by atoms with van der Waals surface area (Å²) in [6, 6.07) is 6.04. The third-order valence-corrected chi connectivity index (χ3v) is 3.66. The van der Waals surface area contributed by atoms with Gasteiger partial charge in [-0.2, -0.15) is 0 Å². The molecule has 1 aromatic carbocycles. The van der Waals surface area contributed by atoms with Crippen molar-refractivity contribution in [2.75, 3.05) is 6.54 Å². The van der Waals surface area contributed by atoms with E-state index < -0.39 is 0 Å². The summed E-state index contributed by atoms with van der Waals surface area (Å²) in [7, 11) is 0. The normalized spacial score (nSPS) is 13.1. The van der Waals surface area contributed by atoms with Crippen LogP contribution in [0.2, 0.25) is 0 Å². The lowest BCUT2D eigenvalue weighted by Crippen LogP contribution is -2.32. The van der Waals surface area contributed by atoms with Gasteiger partial charge >= 0.3 is 0 Å². The van der Waals surface area contributed by atoms with Crippen LogP contribution in [0.1, 0.15) is 20.8 Å². The fraction of sp³-hybridized carbons (Fsp3) is 0.467. The molecule has 0 bridgehead atoms. The molecule has 0 spiro atoms. The van der Waals surface area contributed by atoms with E-state index in [0.29, 0.717) is 23.9 Å². The summed E-state index contributed by atoms with van der Waals surface area (Å²) in [4.78, 5) is 16.8. The topological polar surface area (TPSA) is 46.9 Å². The first-order valence-electron chi connectivity index (χ1n) is 6.85. The molecule has 2 aromatic rings. The van der Waals surface area contributed by atoms with Crippen molar-refractivity contribution in [1.82, 2.24) is 14.9 Å². The molecule has 1 unspecified atom stereocenters. The molecule has 0 fully saturated rings. The molecule has 0 saturated carbocycles. The van der Waals surface area contributed by atoms with Crippen LogP contribution in [-0.2, 0) is 6.54 Å². The van der Waals surface area contributed by atoms with Crippen LogP contribution in [0.3, 0.4) is 0 Å². The number of nitrogens with one attached hydrogen (secondary N) is 1. The second kappa shape index (κ2) is 6.50. The summed E-state index contributed by atoms with van der Waals surface area (Å²) in [5.74, 6) is 0.376. The monoisotopic (exact) mass is 337 g/mol. The molecular weight excluding hydrogens is 318 g/mol. The molecule has 1 atom stereocenters. The Labute approximate surface area is 127 Å². The standard InChI is InChI=1S/C15H20BrN3O/c1-10(2)17-7-11(3)8-19-9-18-14-5-4-12(16)6-13(14)15(19)20/h4-6,9-11,17H,7-8H2,1-3H3. The largest absolute Gasteiger partial charge is 0.314 e. The number of nitrogens with zero attached hydrogens (tertiary/aromatic N) is 2. The number of aromatic nitrogens is 2. The van der Waals surface area contributed by atoms with E-state index >= 15 is 0 Å². The predicted octanol–water partition coefficient (Wildman–Crippen LogP) is 2.79. The summed E-state index contributed by atoms with van der Waals surface area (Å²) >= 11 is 3.40. The fourth-order valence-corrected chi connectivity index (χ4v) is 2.46. The Hall–Kier alpha value is -1.20. The molecule has 0 aliphatic rings. The SMILES string of the molecule is CC(CNC(C)C)Cn1cnc2ccc(Br)cc2c1=O. The van der Waals surface area contributed by atoms with Crippen LogP contribution >= 0.6 is 15.9 Å². The van der Waals surface area contributed by atoms with Crippen molar-refractivity contribution in [3.8, 4) is 0 Å². The van der Waals surface area contributed by atoms with Crippen molar-refractivity contribution in [2.24, 2.45) is 5.92 Å². The van der Waals surface area contributed by atoms with Gasteiger partial charge in [-0.05, 0) is 30.7 Å². The van der Waals surface area contributed by atoms with Gasteiger partial charge in [0.15, 0.2) is 0 Å².